The van der Waals surface area contributed by atoms with Crippen LogP contribution in [0.2, 0.25) is 0 Å². The Kier molecular flexibility index (Phi) is 3.66. The standard InChI is InChI=1S/C12H17N3O3/c13-9-7-8(5-6-11(9)15(17)18)14-10-3-1-2-4-12(10)16/h5-7,10,12,14,16H,1-4,13H2. The van der Waals surface area contributed by atoms with Gasteiger partial charge in [-0.1, -0.05) is 12.8 Å². The van der Waals surface area contributed by atoms with Gasteiger partial charge in [0.25, 0.3) is 5.69 Å². The third kappa shape index (κ3) is 2.70. The number of rotatable bonds is 3. The molecular formula is C12H17N3O3. The van der Waals surface area contributed by atoms with Gasteiger partial charge in [0.1, 0.15) is 5.69 Å². The molecule has 0 amide bonds. The first-order valence-corrected chi connectivity index (χ1v) is 6.06. The topological polar surface area (TPSA) is 101 Å². The van der Waals surface area contributed by atoms with E-state index < -0.39 is 4.92 Å². The zero-order chi connectivity index (χ0) is 13.1. The summed E-state index contributed by atoms with van der Waals surface area (Å²) in [4.78, 5) is 10.1. The van der Waals surface area contributed by atoms with Gasteiger partial charge < -0.3 is 16.2 Å². The molecule has 1 aliphatic rings. The molecule has 98 valence electrons. The summed E-state index contributed by atoms with van der Waals surface area (Å²) in [6.07, 6.45) is 3.45. The lowest BCUT2D eigenvalue weighted by molar-refractivity contribution is -0.383. The number of anilines is 2. The Morgan fingerprint density at radius 1 is 1.39 bits per heavy atom. The molecule has 1 saturated carbocycles. The second-order valence-electron chi connectivity index (χ2n) is 4.63. The van der Waals surface area contributed by atoms with Crippen LogP contribution in [-0.2, 0) is 0 Å². The molecule has 1 aliphatic carbocycles. The maximum absolute atomic E-state index is 10.6. The van der Waals surface area contributed by atoms with Crippen molar-refractivity contribution in [3.63, 3.8) is 0 Å². The molecule has 0 aliphatic heterocycles. The zero-order valence-electron chi connectivity index (χ0n) is 10.0. The molecule has 1 aromatic rings. The fourth-order valence-electron chi connectivity index (χ4n) is 2.30. The van der Waals surface area contributed by atoms with Crippen molar-refractivity contribution in [2.45, 2.75) is 37.8 Å². The van der Waals surface area contributed by atoms with Crippen LogP contribution in [0.3, 0.4) is 0 Å². The molecule has 1 fully saturated rings. The number of nitro benzene ring substituents is 1. The lowest BCUT2D eigenvalue weighted by Gasteiger charge is -2.29. The summed E-state index contributed by atoms with van der Waals surface area (Å²) < 4.78 is 0. The molecule has 0 heterocycles. The third-order valence-corrected chi connectivity index (χ3v) is 3.31. The number of nitrogens with one attached hydrogen (secondary N) is 1. The summed E-state index contributed by atoms with van der Waals surface area (Å²) in [5.74, 6) is 0. The zero-order valence-corrected chi connectivity index (χ0v) is 10.0. The molecule has 0 bridgehead atoms. The van der Waals surface area contributed by atoms with Crippen molar-refractivity contribution in [1.82, 2.24) is 0 Å². The first-order valence-electron chi connectivity index (χ1n) is 6.06. The summed E-state index contributed by atoms with van der Waals surface area (Å²) in [7, 11) is 0. The second-order valence-corrected chi connectivity index (χ2v) is 4.63. The third-order valence-electron chi connectivity index (χ3n) is 3.31. The van der Waals surface area contributed by atoms with E-state index >= 15 is 0 Å². The van der Waals surface area contributed by atoms with Crippen LogP contribution >= 0.6 is 0 Å². The van der Waals surface area contributed by atoms with Crippen LogP contribution in [0.1, 0.15) is 25.7 Å². The number of benzene rings is 1. The Labute approximate surface area is 105 Å². The van der Waals surface area contributed by atoms with Crippen LogP contribution in [0.15, 0.2) is 18.2 Å². The Balaban J connectivity index is 2.10. The molecule has 0 saturated heterocycles. The van der Waals surface area contributed by atoms with E-state index in [0.29, 0.717) is 5.69 Å². The Morgan fingerprint density at radius 3 is 2.72 bits per heavy atom. The number of aliphatic hydroxyl groups excluding tert-OH is 1. The van der Waals surface area contributed by atoms with E-state index in [-0.39, 0.29) is 23.5 Å². The van der Waals surface area contributed by atoms with E-state index in [2.05, 4.69) is 5.32 Å². The molecule has 0 aromatic heterocycles. The second kappa shape index (κ2) is 5.22. The van der Waals surface area contributed by atoms with Crippen LogP contribution < -0.4 is 11.1 Å². The normalized spacial score (nSPS) is 23.6. The SMILES string of the molecule is Nc1cc(NC2CCCCC2O)ccc1[N+](=O)[O-]. The molecule has 18 heavy (non-hydrogen) atoms. The number of nitrogens with two attached hydrogens (primary N) is 1. The van der Waals surface area contributed by atoms with E-state index in [1.165, 1.54) is 6.07 Å². The van der Waals surface area contributed by atoms with Crippen molar-refractivity contribution in [3.05, 3.63) is 28.3 Å². The van der Waals surface area contributed by atoms with Gasteiger partial charge in [-0.3, -0.25) is 10.1 Å². The van der Waals surface area contributed by atoms with Crippen LogP contribution in [0, 0.1) is 10.1 Å². The van der Waals surface area contributed by atoms with Crippen molar-refractivity contribution in [3.8, 4) is 0 Å². The lowest BCUT2D eigenvalue weighted by atomic mass is 9.92. The van der Waals surface area contributed by atoms with E-state index in [1.807, 2.05) is 0 Å². The van der Waals surface area contributed by atoms with Gasteiger partial charge in [-0.15, -0.1) is 0 Å². The van der Waals surface area contributed by atoms with Crippen LogP contribution in [0.5, 0.6) is 0 Å². The quantitative estimate of drug-likeness (QED) is 0.432. The number of hydrogen-bond acceptors (Lipinski definition) is 5. The highest BCUT2D eigenvalue weighted by molar-refractivity contribution is 5.66. The molecule has 0 radical (unpaired) electrons. The minimum atomic E-state index is -0.505. The molecule has 0 spiro atoms. The summed E-state index contributed by atoms with van der Waals surface area (Å²) in [6.45, 7) is 0. The predicted molar refractivity (Wildman–Crippen MR) is 69.4 cm³/mol. The average Bonchev–Trinajstić information content (AvgIpc) is 2.32. The minimum Gasteiger partial charge on any atom is -0.393 e. The van der Waals surface area contributed by atoms with Crippen molar-refractivity contribution < 1.29 is 10.0 Å². The van der Waals surface area contributed by atoms with Gasteiger partial charge in [0.2, 0.25) is 0 Å². The highest BCUT2D eigenvalue weighted by Crippen LogP contribution is 2.27. The molecule has 6 nitrogen and oxygen atoms in total. The molecule has 4 N–H and O–H groups in total. The van der Waals surface area contributed by atoms with Crippen LogP contribution in [0.4, 0.5) is 17.1 Å². The Morgan fingerprint density at radius 2 is 2.11 bits per heavy atom. The van der Waals surface area contributed by atoms with Gasteiger partial charge in [0, 0.05) is 11.8 Å². The summed E-state index contributed by atoms with van der Waals surface area (Å²) in [6, 6.07) is 4.54. The first kappa shape index (κ1) is 12.6. The maximum atomic E-state index is 10.6. The molecular weight excluding hydrogens is 234 g/mol. The predicted octanol–water partition coefficient (Wildman–Crippen LogP) is 1.89. The summed E-state index contributed by atoms with van der Waals surface area (Å²) in [5.41, 5.74) is 6.37. The van der Waals surface area contributed by atoms with E-state index in [0.717, 1.165) is 25.7 Å². The average molecular weight is 251 g/mol. The molecule has 2 rings (SSSR count). The lowest BCUT2D eigenvalue weighted by Crippen LogP contribution is -2.36. The van der Waals surface area contributed by atoms with Gasteiger partial charge in [-0.2, -0.15) is 0 Å². The number of nitrogens with zero attached hydrogens (tertiary/aromatic N) is 1. The van der Waals surface area contributed by atoms with Crippen molar-refractivity contribution in [2.24, 2.45) is 0 Å². The highest BCUT2D eigenvalue weighted by Gasteiger charge is 2.23. The minimum absolute atomic E-state index is 0.000365. The van der Waals surface area contributed by atoms with Crippen LogP contribution in [-0.4, -0.2) is 22.2 Å². The van der Waals surface area contributed by atoms with Gasteiger partial charge in [-0.05, 0) is 25.0 Å². The highest BCUT2D eigenvalue weighted by atomic mass is 16.6. The molecule has 1 aromatic carbocycles. The van der Waals surface area contributed by atoms with Crippen molar-refractivity contribution >= 4 is 17.1 Å². The molecule has 2 unspecified atom stereocenters. The smallest absolute Gasteiger partial charge is 0.292 e. The monoisotopic (exact) mass is 251 g/mol. The summed E-state index contributed by atoms with van der Waals surface area (Å²) >= 11 is 0. The van der Waals surface area contributed by atoms with Gasteiger partial charge in [-0.25, -0.2) is 0 Å². The molecule has 2 atom stereocenters. The van der Waals surface area contributed by atoms with Crippen LogP contribution in [0.25, 0.3) is 0 Å². The first-order chi connectivity index (χ1) is 8.58. The van der Waals surface area contributed by atoms with E-state index in [4.69, 9.17) is 5.73 Å². The number of nitrogen functional groups attached to an aromatic ring is 1. The van der Waals surface area contributed by atoms with Gasteiger partial charge in [0.15, 0.2) is 0 Å². The maximum Gasteiger partial charge on any atom is 0.292 e. The van der Waals surface area contributed by atoms with Gasteiger partial charge in [0.05, 0.1) is 17.1 Å². The number of aliphatic hydroxyl groups is 1. The Bertz CT molecular complexity index is 450. The fraction of sp³-hybridized carbons (Fsp3) is 0.500. The number of nitro groups is 1. The fourth-order valence-corrected chi connectivity index (χ4v) is 2.30. The van der Waals surface area contributed by atoms with E-state index in [1.54, 1.807) is 12.1 Å². The number of hydrogen-bond donors (Lipinski definition) is 3. The Hall–Kier alpha value is -1.82. The van der Waals surface area contributed by atoms with Crippen molar-refractivity contribution in [2.75, 3.05) is 11.1 Å². The van der Waals surface area contributed by atoms with Gasteiger partial charge >= 0.3 is 0 Å². The van der Waals surface area contributed by atoms with E-state index in [9.17, 15) is 15.2 Å². The van der Waals surface area contributed by atoms with Crippen molar-refractivity contribution in [1.29, 1.82) is 0 Å². The molecule has 6 heteroatoms. The largest absolute Gasteiger partial charge is 0.393 e. The summed E-state index contributed by atoms with van der Waals surface area (Å²) in [5, 5.41) is 23.7.